The van der Waals surface area contributed by atoms with Crippen LogP contribution in [0.2, 0.25) is 0 Å². The van der Waals surface area contributed by atoms with Gasteiger partial charge in [-0.25, -0.2) is 0 Å². The SMILES string of the molecule is Brc1cccc2c1c1ccccc1n2-c1ccc(-c2ccccc2)c2c1oc1ccccc12. The number of nitrogens with zero attached hydrogens (tertiary/aromatic N) is 1. The number of fused-ring (bicyclic) bond motifs is 6. The second-order valence-electron chi connectivity index (χ2n) is 8.29. The molecule has 0 atom stereocenters. The minimum absolute atomic E-state index is 0.902. The Morgan fingerprint density at radius 2 is 1.30 bits per heavy atom. The van der Waals surface area contributed by atoms with Crippen LogP contribution in [-0.4, -0.2) is 4.57 Å². The molecule has 0 aliphatic heterocycles. The van der Waals surface area contributed by atoms with E-state index in [0.717, 1.165) is 43.1 Å². The molecule has 0 spiro atoms. The summed E-state index contributed by atoms with van der Waals surface area (Å²) in [6.07, 6.45) is 0. The summed E-state index contributed by atoms with van der Waals surface area (Å²) < 4.78 is 9.99. The second kappa shape index (κ2) is 7.09. The van der Waals surface area contributed by atoms with Crippen molar-refractivity contribution in [3.63, 3.8) is 0 Å². The molecule has 0 aliphatic carbocycles. The largest absolute Gasteiger partial charge is 0.454 e. The molecule has 2 nitrogen and oxygen atoms in total. The number of benzene rings is 5. The average Bonchev–Trinajstić information content (AvgIpc) is 3.41. The van der Waals surface area contributed by atoms with Crippen molar-refractivity contribution in [3.8, 4) is 16.8 Å². The van der Waals surface area contributed by atoms with E-state index in [-0.39, 0.29) is 0 Å². The Morgan fingerprint density at radius 1 is 0.576 bits per heavy atom. The number of aromatic nitrogens is 1. The molecule has 3 heteroatoms. The highest BCUT2D eigenvalue weighted by Crippen LogP contribution is 2.43. The maximum Gasteiger partial charge on any atom is 0.160 e. The van der Waals surface area contributed by atoms with Crippen LogP contribution in [0.25, 0.3) is 60.6 Å². The second-order valence-corrected chi connectivity index (χ2v) is 9.14. The zero-order valence-corrected chi connectivity index (χ0v) is 19.2. The minimum atomic E-state index is 0.902. The number of para-hydroxylation sites is 2. The summed E-state index contributed by atoms with van der Waals surface area (Å²) in [6, 6.07) is 38.2. The van der Waals surface area contributed by atoms with Gasteiger partial charge in [0.1, 0.15) is 5.58 Å². The molecule has 2 heterocycles. The number of furan rings is 1. The third kappa shape index (κ3) is 2.66. The van der Waals surface area contributed by atoms with Gasteiger partial charge in [-0.1, -0.05) is 94.8 Å². The fourth-order valence-electron chi connectivity index (χ4n) is 5.08. The molecule has 0 saturated heterocycles. The Labute approximate surface area is 198 Å². The van der Waals surface area contributed by atoms with Crippen molar-refractivity contribution in [3.05, 3.63) is 114 Å². The quantitative estimate of drug-likeness (QED) is 0.237. The van der Waals surface area contributed by atoms with Crippen LogP contribution >= 0.6 is 15.9 Å². The van der Waals surface area contributed by atoms with E-state index in [2.05, 4.69) is 124 Å². The van der Waals surface area contributed by atoms with Gasteiger partial charge < -0.3 is 8.98 Å². The molecule has 33 heavy (non-hydrogen) atoms. The maximum atomic E-state index is 6.57. The van der Waals surface area contributed by atoms with E-state index < -0.39 is 0 Å². The van der Waals surface area contributed by atoms with E-state index >= 15 is 0 Å². The molecule has 0 saturated carbocycles. The third-order valence-electron chi connectivity index (χ3n) is 6.48. The summed E-state index contributed by atoms with van der Waals surface area (Å²) in [5.74, 6) is 0. The Kier molecular flexibility index (Phi) is 4.02. The van der Waals surface area contributed by atoms with Crippen LogP contribution in [0.3, 0.4) is 0 Å². The lowest BCUT2D eigenvalue weighted by Gasteiger charge is -2.11. The molecule has 7 aromatic rings. The first-order chi connectivity index (χ1) is 16.3. The Morgan fingerprint density at radius 3 is 2.18 bits per heavy atom. The van der Waals surface area contributed by atoms with E-state index in [0.29, 0.717) is 0 Å². The van der Waals surface area contributed by atoms with Gasteiger partial charge in [0.05, 0.1) is 16.7 Å². The van der Waals surface area contributed by atoms with Gasteiger partial charge in [-0.3, -0.25) is 0 Å². The highest BCUT2D eigenvalue weighted by atomic mass is 79.9. The molecule has 156 valence electrons. The van der Waals surface area contributed by atoms with Gasteiger partial charge in [0.15, 0.2) is 5.58 Å². The first-order valence-electron chi connectivity index (χ1n) is 11.0. The molecule has 0 unspecified atom stereocenters. The van der Waals surface area contributed by atoms with Crippen molar-refractivity contribution < 1.29 is 4.42 Å². The summed E-state index contributed by atoms with van der Waals surface area (Å²) in [6.45, 7) is 0. The number of halogens is 1. The lowest BCUT2D eigenvalue weighted by molar-refractivity contribution is 0.666. The molecule has 7 rings (SSSR count). The lowest BCUT2D eigenvalue weighted by atomic mass is 9.98. The first kappa shape index (κ1) is 18.7. The lowest BCUT2D eigenvalue weighted by Crippen LogP contribution is -1.95. The van der Waals surface area contributed by atoms with Gasteiger partial charge in [-0.2, -0.15) is 0 Å². The van der Waals surface area contributed by atoms with Gasteiger partial charge in [-0.05, 0) is 41.5 Å². The summed E-state index contributed by atoms with van der Waals surface area (Å²) >= 11 is 3.79. The van der Waals surface area contributed by atoms with Crippen LogP contribution < -0.4 is 0 Å². The first-order valence-corrected chi connectivity index (χ1v) is 11.8. The maximum absolute atomic E-state index is 6.57. The van der Waals surface area contributed by atoms with Crippen LogP contribution in [0.5, 0.6) is 0 Å². The van der Waals surface area contributed by atoms with E-state index in [1.165, 1.54) is 21.9 Å². The summed E-state index contributed by atoms with van der Waals surface area (Å²) in [7, 11) is 0. The molecule has 2 aromatic heterocycles. The van der Waals surface area contributed by atoms with Gasteiger partial charge in [0.2, 0.25) is 0 Å². The molecule has 0 N–H and O–H groups in total. The van der Waals surface area contributed by atoms with Crippen molar-refractivity contribution in [1.82, 2.24) is 4.57 Å². The molecule has 0 amide bonds. The molecule has 0 radical (unpaired) electrons. The Bertz CT molecular complexity index is 1830. The summed E-state index contributed by atoms with van der Waals surface area (Å²) in [4.78, 5) is 0. The van der Waals surface area contributed by atoms with Gasteiger partial charge in [0.25, 0.3) is 0 Å². The average molecular weight is 488 g/mol. The van der Waals surface area contributed by atoms with E-state index in [1.807, 2.05) is 6.07 Å². The number of hydrogen-bond donors (Lipinski definition) is 0. The standard InChI is InChI=1S/C30H18BrNO/c31-23-13-8-15-25-29(23)21-11-4-6-14-24(21)32(25)26-18-17-20(19-9-2-1-3-10-19)28-22-12-5-7-16-27(22)33-30(26)28/h1-18H. The predicted octanol–water partition coefficient (Wildman–Crippen LogP) is 9.11. The smallest absolute Gasteiger partial charge is 0.160 e. The predicted molar refractivity (Wildman–Crippen MR) is 141 cm³/mol. The molecule has 0 bridgehead atoms. The fraction of sp³-hybridized carbons (Fsp3) is 0. The van der Waals surface area contributed by atoms with Gasteiger partial charge in [0, 0.05) is 26.0 Å². The zero-order valence-electron chi connectivity index (χ0n) is 17.6. The zero-order chi connectivity index (χ0) is 21.9. The van der Waals surface area contributed by atoms with Crippen LogP contribution in [0, 0.1) is 0 Å². The van der Waals surface area contributed by atoms with E-state index in [4.69, 9.17) is 4.42 Å². The van der Waals surface area contributed by atoms with Crippen LogP contribution in [0.4, 0.5) is 0 Å². The van der Waals surface area contributed by atoms with Crippen molar-refractivity contribution in [2.24, 2.45) is 0 Å². The minimum Gasteiger partial charge on any atom is -0.454 e. The monoisotopic (exact) mass is 487 g/mol. The van der Waals surface area contributed by atoms with Gasteiger partial charge >= 0.3 is 0 Å². The van der Waals surface area contributed by atoms with Crippen molar-refractivity contribution in [2.75, 3.05) is 0 Å². The molecular formula is C30H18BrNO. The van der Waals surface area contributed by atoms with Crippen molar-refractivity contribution in [2.45, 2.75) is 0 Å². The number of hydrogen-bond acceptors (Lipinski definition) is 1. The van der Waals surface area contributed by atoms with Crippen molar-refractivity contribution >= 4 is 59.7 Å². The topological polar surface area (TPSA) is 18.1 Å². The Balaban J connectivity index is 1.68. The molecule has 0 fully saturated rings. The van der Waals surface area contributed by atoms with Crippen molar-refractivity contribution in [1.29, 1.82) is 0 Å². The normalized spacial score (nSPS) is 11.8. The van der Waals surface area contributed by atoms with Crippen LogP contribution in [0.15, 0.2) is 118 Å². The highest BCUT2D eigenvalue weighted by Gasteiger charge is 2.20. The molecule has 0 aliphatic rings. The number of rotatable bonds is 2. The molecule has 5 aromatic carbocycles. The van der Waals surface area contributed by atoms with E-state index in [1.54, 1.807) is 0 Å². The fourth-order valence-corrected chi connectivity index (χ4v) is 5.65. The van der Waals surface area contributed by atoms with E-state index in [9.17, 15) is 0 Å². The summed E-state index contributed by atoms with van der Waals surface area (Å²) in [5, 5.41) is 4.71. The molecular weight excluding hydrogens is 470 g/mol. The third-order valence-corrected chi connectivity index (χ3v) is 7.14. The Hall–Kier alpha value is -3.82. The van der Waals surface area contributed by atoms with Gasteiger partial charge in [-0.15, -0.1) is 0 Å². The van der Waals surface area contributed by atoms with Crippen LogP contribution in [0.1, 0.15) is 0 Å². The highest BCUT2D eigenvalue weighted by molar-refractivity contribution is 9.10. The van der Waals surface area contributed by atoms with Crippen LogP contribution in [-0.2, 0) is 0 Å². The summed E-state index contributed by atoms with van der Waals surface area (Å²) in [5.41, 5.74) is 7.53.